The Labute approximate surface area is 116 Å². The van der Waals surface area contributed by atoms with Gasteiger partial charge in [-0.2, -0.15) is 5.26 Å². The Balaban J connectivity index is 2.76. The summed E-state index contributed by atoms with van der Waals surface area (Å²) in [6.45, 7) is 1.81. The topological polar surface area (TPSA) is 89.0 Å². The average molecular weight is 267 g/mol. The van der Waals surface area contributed by atoms with Crippen LogP contribution in [0.1, 0.15) is 21.6 Å². The summed E-state index contributed by atoms with van der Waals surface area (Å²) in [5, 5.41) is 9.01. The number of carbonyl (C=O) groups is 1. The van der Waals surface area contributed by atoms with Crippen LogP contribution in [0, 0.1) is 18.3 Å². The molecule has 1 aromatic carbocycles. The summed E-state index contributed by atoms with van der Waals surface area (Å²) in [6.07, 6.45) is 1.44. The molecule has 0 bridgehead atoms. The summed E-state index contributed by atoms with van der Waals surface area (Å²) in [7, 11) is 1.53. The molecule has 5 heteroatoms. The van der Waals surface area contributed by atoms with Crippen molar-refractivity contribution in [2.45, 2.75) is 6.92 Å². The van der Waals surface area contributed by atoms with Gasteiger partial charge < -0.3 is 10.5 Å². The average Bonchev–Trinajstić information content (AvgIpc) is 2.46. The lowest BCUT2D eigenvalue weighted by Gasteiger charge is -2.12. The standard InChI is InChI=1S/C15H13N3O2/c1-9-5-11(13(8-18-9)15(17)19)12-6-10(7-16)3-4-14(12)20-2/h3-6,8H,1-2H3,(H2,17,19). The number of nitrogens with zero attached hydrogens (tertiary/aromatic N) is 2. The van der Waals surface area contributed by atoms with Crippen molar-refractivity contribution >= 4 is 5.91 Å². The molecule has 20 heavy (non-hydrogen) atoms. The lowest BCUT2D eigenvalue weighted by Crippen LogP contribution is -2.13. The molecule has 0 aliphatic carbocycles. The van der Waals surface area contributed by atoms with Crippen LogP contribution in [0.3, 0.4) is 0 Å². The van der Waals surface area contributed by atoms with Gasteiger partial charge in [0.1, 0.15) is 5.75 Å². The summed E-state index contributed by atoms with van der Waals surface area (Å²) in [4.78, 5) is 15.6. The molecule has 1 amide bonds. The Morgan fingerprint density at radius 1 is 1.35 bits per heavy atom. The van der Waals surface area contributed by atoms with Gasteiger partial charge in [-0.1, -0.05) is 0 Å². The highest BCUT2D eigenvalue weighted by atomic mass is 16.5. The first-order chi connectivity index (χ1) is 9.56. The third kappa shape index (κ3) is 2.45. The maximum atomic E-state index is 11.5. The smallest absolute Gasteiger partial charge is 0.250 e. The maximum absolute atomic E-state index is 11.5. The van der Waals surface area contributed by atoms with Gasteiger partial charge in [0.15, 0.2) is 0 Å². The molecule has 0 saturated heterocycles. The number of nitriles is 1. The normalized spacial score (nSPS) is 9.85. The van der Waals surface area contributed by atoms with Crippen molar-refractivity contribution in [3.05, 3.63) is 47.3 Å². The minimum atomic E-state index is -0.572. The van der Waals surface area contributed by atoms with Gasteiger partial charge in [0.2, 0.25) is 0 Å². The molecule has 100 valence electrons. The predicted molar refractivity (Wildman–Crippen MR) is 74.2 cm³/mol. The molecule has 0 spiro atoms. The minimum Gasteiger partial charge on any atom is -0.496 e. The molecule has 5 nitrogen and oxygen atoms in total. The fourth-order valence-electron chi connectivity index (χ4n) is 1.97. The molecule has 1 heterocycles. The lowest BCUT2D eigenvalue weighted by molar-refractivity contribution is 0.100. The number of aryl methyl sites for hydroxylation is 1. The van der Waals surface area contributed by atoms with Crippen LogP contribution in [0.15, 0.2) is 30.5 Å². The predicted octanol–water partition coefficient (Wildman–Crippen LogP) is 2.04. The molecule has 1 aromatic heterocycles. The van der Waals surface area contributed by atoms with Crippen LogP contribution in [0.5, 0.6) is 5.75 Å². The van der Waals surface area contributed by atoms with Gasteiger partial charge in [-0.15, -0.1) is 0 Å². The molecule has 2 aromatic rings. The van der Waals surface area contributed by atoms with E-state index in [0.717, 1.165) is 5.69 Å². The van der Waals surface area contributed by atoms with Gasteiger partial charge in [-0.05, 0) is 31.2 Å². The highest BCUT2D eigenvalue weighted by Crippen LogP contribution is 2.33. The van der Waals surface area contributed by atoms with Gasteiger partial charge in [-0.25, -0.2) is 0 Å². The van der Waals surface area contributed by atoms with E-state index in [2.05, 4.69) is 11.1 Å². The van der Waals surface area contributed by atoms with Crippen LogP contribution >= 0.6 is 0 Å². The number of rotatable bonds is 3. The number of ether oxygens (including phenoxy) is 1. The third-order valence-electron chi connectivity index (χ3n) is 2.92. The number of hydrogen-bond acceptors (Lipinski definition) is 4. The van der Waals surface area contributed by atoms with Crippen LogP contribution in [-0.4, -0.2) is 18.0 Å². The number of carbonyl (C=O) groups excluding carboxylic acids is 1. The van der Waals surface area contributed by atoms with Crippen LogP contribution in [-0.2, 0) is 0 Å². The number of nitrogens with two attached hydrogens (primary N) is 1. The Morgan fingerprint density at radius 2 is 2.10 bits per heavy atom. The van der Waals surface area contributed by atoms with Crippen molar-refractivity contribution in [1.29, 1.82) is 5.26 Å². The fraction of sp³-hybridized carbons (Fsp3) is 0.133. The second-order valence-corrected chi connectivity index (χ2v) is 4.26. The molecule has 0 unspecified atom stereocenters. The number of methoxy groups -OCH3 is 1. The maximum Gasteiger partial charge on any atom is 0.250 e. The molecule has 2 rings (SSSR count). The van der Waals surface area contributed by atoms with Gasteiger partial charge in [0.25, 0.3) is 5.91 Å². The lowest BCUT2D eigenvalue weighted by atomic mass is 9.97. The van der Waals surface area contributed by atoms with Gasteiger partial charge >= 0.3 is 0 Å². The van der Waals surface area contributed by atoms with E-state index in [1.54, 1.807) is 24.3 Å². The molecule has 2 N–H and O–H groups in total. The van der Waals surface area contributed by atoms with E-state index >= 15 is 0 Å². The Bertz CT molecular complexity index is 718. The van der Waals surface area contributed by atoms with E-state index in [-0.39, 0.29) is 0 Å². The minimum absolute atomic E-state index is 0.295. The van der Waals surface area contributed by atoms with Crippen molar-refractivity contribution in [3.8, 4) is 22.9 Å². The Morgan fingerprint density at radius 3 is 2.70 bits per heavy atom. The fourth-order valence-corrected chi connectivity index (χ4v) is 1.97. The van der Waals surface area contributed by atoms with E-state index in [0.29, 0.717) is 28.0 Å². The number of pyridine rings is 1. The van der Waals surface area contributed by atoms with E-state index in [4.69, 9.17) is 15.7 Å². The number of amides is 1. The molecular weight excluding hydrogens is 254 g/mol. The van der Waals surface area contributed by atoms with Crippen LogP contribution in [0.2, 0.25) is 0 Å². The van der Waals surface area contributed by atoms with Gasteiger partial charge in [0, 0.05) is 23.0 Å². The molecule has 0 atom stereocenters. The molecule has 0 aliphatic heterocycles. The number of benzene rings is 1. The summed E-state index contributed by atoms with van der Waals surface area (Å²) in [5.41, 5.74) is 8.15. The second kappa shape index (κ2) is 5.41. The number of aromatic nitrogens is 1. The third-order valence-corrected chi connectivity index (χ3v) is 2.92. The first-order valence-corrected chi connectivity index (χ1v) is 5.91. The molecular formula is C15H13N3O2. The first-order valence-electron chi connectivity index (χ1n) is 5.91. The van der Waals surface area contributed by atoms with Crippen molar-refractivity contribution in [1.82, 2.24) is 4.98 Å². The van der Waals surface area contributed by atoms with Crippen molar-refractivity contribution in [2.24, 2.45) is 5.73 Å². The molecule has 0 radical (unpaired) electrons. The Kier molecular flexibility index (Phi) is 3.67. The van der Waals surface area contributed by atoms with Crippen molar-refractivity contribution in [3.63, 3.8) is 0 Å². The second-order valence-electron chi connectivity index (χ2n) is 4.26. The molecule has 0 saturated carbocycles. The van der Waals surface area contributed by atoms with Gasteiger partial charge in [0.05, 0.1) is 24.3 Å². The highest BCUT2D eigenvalue weighted by molar-refractivity contribution is 6.00. The van der Waals surface area contributed by atoms with E-state index in [9.17, 15) is 4.79 Å². The van der Waals surface area contributed by atoms with Crippen LogP contribution < -0.4 is 10.5 Å². The van der Waals surface area contributed by atoms with E-state index in [1.807, 2.05) is 6.92 Å². The SMILES string of the molecule is COc1ccc(C#N)cc1-c1cc(C)ncc1C(N)=O. The van der Waals surface area contributed by atoms with Crippen molar-refractivity contribution < 1.29 is 9.53 Å². The summed E-state index contributed by atoms with van der Waals surface area (Å²) >= 11 is 0. The molecule has 0 aliphatic rings. The zero-order chi connectivity index (χ0) is 14.7. The zero-order valence-corrected chi connectivity index (χ0v) is 11.2. The van der Waals surface area contributed by atoms with E-state index in [1.165, 1.54) is 13.3 Å². The largest absolute Gasteiger partial charge is 0.496 e. The summed E-state index contributed by atoms with van der Waals surface area (Å²) in [5.74, 6) is -0.00554. The zero-order valence-electron chi connectivity index (χ0n) is 11.2. The van der Waals surface area contributed by atoms with Crippen LogP contribution in [0.25, 0.3) is 11.1 Å². The monoisotopic (exact) mass is 267 g/mol. The van der Waals surface area contributed by atoms with Crippen LogP contribution in [0.4, 0.5) is 0 Å². The first kappa shape index (κ1) is 13.6. The van der Waals surface area contributed by atoms with E-state index < -0.39 is 5.91 Å². The Hall–Kier alpha value is -2.87. The number of hydrogen-bond donors (Lipinski definition) is 1. The summed E-state index contributed by atoms with van der Waals surface area (Å²) < 4.78 is 5.29. The van der Waals surface area contributed by atoms with Crippen molar-refractivity contribution in [2.75, 3.05) is 7.11 Å². The quantitative estimate of drug-likeness (QED) is 0.921. The number of primary amides is 1. The molecule has 0 fully saturated rings. The van der Waals surface area contributed by atoms with Gasteiger partial charge in [-0.3, -0.25) is 9.78 Å². The highest BCUT2D eigenvalue weighted by Gasteiger charge is 2.15. The summed E-state index contributed by atoms with van der Waals surface area (Å²) in [6, 6.07) is 8.82.